The molecule has 3 atom stereocenters. The summed E-state index contributed by atoms with van der Waals surface area (Å²) in [5.41, 5.74) is 1.49. The third-order valence-corrected chi connectivity index (χ3v) is 8.69. The molecule has 2 aliphatic rings. The Morgan fingerprint density at radius 2 is 1.48 bits per heavy atom. The highest BCUT2D eigenvalue weighted by atomic mass is 35.5. The second kappa shape index (κ2) is 13.6. The number of carbonyl (C=O) groups excluding carboxylic acids is 2. The van der Waals surface area contributed by atoms with Crippen molar-refractivity contribution in [3.05, 3.63) is 99.0 Å². The smallest absolute Gasteiger partial charge is 0.262 e. The van der Waals surface area contributed by atoms with E-state index in [9.17, 15) is 14.9 Å². The maximum atomic E-state index is 14.9. The fraction of sp³-hybridized carbons (Fsp3) is 0.364. The van der Waals surface area contributed by atoms with E-state index >= 15 is 0 Å². The zero-order chi connectivity index (χ0) is 31.4. The fourth-order valence-electron chi connectivity index (χ4n) is 5.82. The molecule has 2 aliphatic heterocycles. The number of piperazine rings is 1. The molecule has 230 valence electrons. The minimum atomic E-state index is -1.41. The van der Waals surface area contributed by atoms with Crippen molar-refractivity contribution >= 4 is 35.0 Å². The van der Waals surface area contributed by atoms with Gasteiger partial charge in [-0.25, -0.2) is 0 Å². The van der Waals surface area contributed by atoms with E-state index in [1.165, 1.54) is 0 Å². The number of nitriles is 1. The molecule has 11 heteroatoms. The number of hydrogen-bond donors (Lipinski definition) is 2. The SMILES string of the molecule is CCOc1cc(C#N)ccc1C1(C(=O)N2CCN(CC(=O)N(C)C)CC2)N[C@H](c2ccc(Cl)cc2)[C@H](c2ccc(Cl)cc2)N1. The molecule has 0 bridgehead atoms. The van der Waals surface area contributed by atoms with Crippen LogP contribution in [0.1, 0.15) is 41.3 Å². The molecule has 2 fully saturated rings. The van der Waals surface area contributed by atoms with Gasteiger partial charge in [-0.1, -0.05) is 53.5 Å². The number of rotatable bonds is 8. The maximum Gasteiger partial charge on any atom is 0.262 e. The molecular formula is C33H36Cl2N6O3. The number of amides is 2. The molecule has 0 aromatic heterocycles. The predicted molar refractivity (Wildman–Crippen MR) is 170 cm³/mol. The summed E-state index contributed by atoms with van der Waals surface area (Å²) in [5.74, 6) is 0.301. The van der Waals surface area contributed by atoms with Gasteiger partial charge in [-0.05, 0) is 54.4 Å². The molecular weight excluding hydrogens is 599 g/mol. The number of likely N-dealkylation sites (N-methyl/N-ethyl adjacent to an activating group) is 1. The van der Waals surface area contributed by atoms with Crippen LogP contribution in [0.2, 0.25) is 10.0 Å². The monoisotopic (exact) mass is 634 g/mol. The largest absolute Gasteiger partial charge is 0.493 e. The second-order valence-corrected chi connectivity index (χ2v) is 12.1. The topological polar surface area (TPSA) is 101 Å². The lowest BCUT2D eigenvalue weighted by molar-refractivity contribution is -0.142. The summed E-state index contributed by atoms with van der Waals surface area (Å²) in [4.78, 5) is 32.7. The normalized spacial score (nSPS) is 22.0. The van der Waals surface area contributed by atoms with Gasteiger partial charge in [0.05, 0.1) is 36.9 Å². The summed E-state index contributed by atoms with van der Waals surface area (Å²) < 4.78 is 6.06. The molecule has 3 aromatic carbocycles. The van der Waals surface area contributed by atoms with Crippen molar-refractivity contribution in [1.29, 1.82) is 5.26 Å². The molecule has 2 heterocycles. The second-order valence-electron chi connectivity index (χ2n) is 11.2. The van der Waals surface area contributed by atoms with E-state index in [1.54, 1.807) is 37.2 Å². The van der Waals surface area contributed by atoms with Gasteiger partial charge >= 0.3 is 0 Å². The van der Waals surface area contributed by atoms with Crippen LogP contribution < -0.4 is 15.4 Å². The van der Waals surface area contributed by atoms with Gasteiger partial charge < -0.3 is 14.5 Å². The van der Waals surface area contributed by atoms with Crippen LogP contribution in [0.3, 0.4) is 0 Å². The Bertz CT molecular complexity index is 1480. The van der Waals surface area contributed by atoms with E-state index < -0.39 is 5.66 Å². The highest BCUT2D eigenvalue weighted by Gasteiger charge is 2.54. The lowest BCUT2D eigenvalue weighted by Crippen LogP contribution is -2.62. The number of nitrogens with zero attached hydrogens (tertiary/aromatic N) is 4. The number of halogens is 2. The predicted octanol–water partition coefficient (Wildman–Crippen LogP) is 4.32. The Hall–Kier alpha value is -3.65. The van der Waals surface area contributed by atoms with Crippen molar-refractivity contribution in [2.75, 3.05) is 53.4 Å². The van der Waals surface area contributed by atoms with Crippen LogP contribution in [-0.2, 0) is 15.3 Å². The molecule has 3 aromatic rings. The average molecular weight is 636 g/mol. The number of nitrogens with one attached hydrogen (secondary N) is 2. The first-order chi connectivity index (χ1) is 21.1. The first-order valence-corrected chi connectivity index (χ1v) is 15.4. The first kappa shape index (κ1) is 31.8. The van der Waals surface area contributed by atoms with Crippen molar-refractivity contribution in [2.24, 2.45) is 0 Å². The molecule has 9 nitrogen and oxygen atoms in total. The molecule has 5 rings (SSSR count). The molecule has 0 saturated carbocycles. The first-order valence-electron chi connectivity index (χ1n) is 14.6. The van der Waals surface area contributed by atoms with Gasteiger partial charge in [0.1, 0.15) is 5.75 Å². The van der Waals surface area contributed by atoms with Gasteiger partial charge in [-0.3, -0.25) is 25.1 Å². The molecule has 1 unspecified atom stereocenters. The molecule has 2 amide bonds. The summed E-state index contributed by atoms with van der Waals surface area (Å²) >= 11 is 12.5. The van der Waals surface area contributed by atoms with E-state index in [0.717, 1.165) is 11.1 Å². The van der Waals surface area contributed by atoms with Crippen molar-refractivity contribution in [3.8, 4) is 11.8 Å². The molecule has 44 heavy (non-hydrogen) atoms. The quantitative estimate of drug-likeness (QED) is 0.380. The van der Waals surface area contributed by atoms with Crippen molar-refractivity contribution in [2.45, 2.75) is 24.7 Å². The molecule has 2 N–H and O–H groups in total. The minimum absolute atomic E-state index is 0.0240. The van der Waals surface area contributed by atoms with Gasteiger partial charge in [0.15, 0.2) is 5.66 Å². The fourth-order valence-corrected chi connectivity index (χ4v) is 6.07. The average Bonchev–Trinajstić information content (AvgIpc) is 3.43. The number of benzene rings is 3. The number of carbonyl (C=O) groups is 2. The van der Waals surface area contributed by atoms with E-state index in [-0.39, 0.29) is 23.9 Å². The Morgan fingerprint density at radius 1 is 0.932 bits per heavy atom. The highest BCUT2D eigenvalue weighted by molar-refractivity contribution is 6.30. The molecule has 0 aliphatic carbocycles. The zero-order valence-electron chi connectivity index (χ0n) is 25.0. The zero-order valence-corrected chi connectivity index (χ0v) is 26.5. The number of ether oxygens (including phenoxy) is 1. The Kier molecular flexibility index (Phi) is 9.78. The summed E-state index contributed by atoms with van der Waals surface area (Å²) in [6.07, 6.45) is 0. The highest BCUT2D eigenvalue weighted by Crippen LogP contribution is 2.45. The standard InChI is InChI=1S/C33H36Cl2N6O3/c1-4-44-28-19-22(20-36)5-14-27(28)33(32(43)41-17-15-40(16-18-41)21-29(42)39(2)3)37-30(23-6-10-25(34)11-7-23)31(38-33)24-8-12-26(35)13-9-24/h5-14,19,30-31,37-38H,4,15-18,21H2,1-3H3/t30-,31+,33?. The van der Waals surface area contributed by atoms with Gasteiger partial charge in [-0.2, -0.15) is 5.26 Å². The Balaban J connectivity index is 1.58. The number of hydrogen-bond acceptors (Lipinski definition) is 7. The summed E-state index contributed by atoms with van der Waals surface area (Å²) in [6.45, 7) is 4.55. The van der Waals surface area contributed by atoms with Crippen LogP contribution in [0, 0.1) is 11.3 Å². The van der Waals surface area contributed by atoms with E-state index in [1.807, 2.05) is 60.4 Å². The van der Waals surface area contributed by atoms with Crippen LogP contribution in [0.25, 0.3) is 0 Å². The summed E-state index contributed by atoms with van der Waals surface area (Å²) in [5, 5.41) is 18.3. The van der Waals surface area contributed by atoms with Crippen LogP contribution in [-0.4, -0.2) is 79.9 Å². The van der Waals surface area contributed by atoms with Gasteiger partial charge in [0.2, 0.25) is 5.91 Å². The van der Waals surface area contributed by atoms with Crippen molar-refractivity contribution in [3.63, 3.8) is 0 Å². The van der Waals surface area contributed by atoms with Crippen molar-refractivity contribution < 1.29 is 14.3 Å². The van der Waals surface area contributed by atoms with Gasteiger partial charge in [0, 0.05) is 55.9 Å². The van der Waals surface area contributed by atoms with Crippen LogP contribution in [0.4, 0.5) is 0 Å². The lowest BCUT2D eigenvalue weighted by atomic mass is 9.95. The maximum absolute atomic E-state index is 14.9. The lowest BCUT2D eigenvalue weighted by Gasteiger charge is -2.40. The van der Waals surface area contributed by atoms with Crippen molar-refractivity contribution in [1.82, 2.24) is 25.3 Å². The van der Waals surface area contributed by atoms with Gasteiger partial charge in [-0.15, -0.1) is 0 Å². The van der Waals surface area contributed by atoms with E-state index in [2.05, 4.69) is 21.6 Å². The van der Waals surface area contributed by atoms with Crippen LogP contribution in [0.15, 0.2) is 66.7 Å². The van der Waals surface area contributed by atoms with Crippen LogP contribution in [0.5, 0.6) is 5.75 Å². The van der Waals surface area contributed by atoms with E-state index in [0.29, 0.717) is 66.3 Å². The summed E-state index contributed by atoms with van der Waals surface area (Å²) in [6, 6.07) is 21.8. The third kappa shape index (κ3) is 6.55. The Morgan fingerprint density at radius 3 is 1.95 bits per heavy atom. The van der Waals surface area contributed by atoms with Crippen LogP contribution >= 0.6 is 23.2 Å². The third-order valence-electron chi connectivity index (χ3n) is 8.19. The summed E-state index contributed by atoms with van der Waals surface area (Å²) in [7, 11) is 3.48. The van der Waals surface area contributed by atoms with Gasteiger partial charge in [0.25, 0.3) is 5.91 Å². The minimum Gasteiger partial charge on any atom is -0.493 e. The Labute approximate surface area is 268 Å². The molecule has 0 spiro atoms. The molecule has 0 radical (unpaired) electrons. The molecule has 2 saturated heterocycles. The van der Waals surface area contributed by atoms with E-state index in [4.69, 9.17) is 27.9 Å².